The standard InChI is InChI=1S/C24H23ClN2O3/c1-14-10-15(2)22-17(11-14)20(28)13-24(30-22)6-8-27(9-7-24)23(29)19-12-16-4-3-5-18(25)21(16)26-19/h3-5,10-12,26H,6-9,13H2,1-2H3. The van der Waals surface area contributed by atoms with Crippen LogP contribution in [0.25, 0.3) is 10.9 Å². The number of benzene rings is 2. The number of rotatable bonds is 1. The number of H-pyrrole nitrogens is 1. The quantitative estimate of drug-likeness (QED) is 0.595. The van der Waals surface area contributed by atoms with E-state index in [2.05, 4.69) is 4.98 Å². The minimum Gasteiger partial charge on any atom is -0.486 e. The number of amides is 1. The Morgan fingerprint density at radius 1 is 1.17 bits per heavy atom. The first-order chi connectivity index (χ1) is 14.3. The molecule has 1 amide bonds. The first kappa shape index (κ1) is 19.2. The molecule has 0 bridgehead atoms. The molecule has 1 spiro atoms. The molecule has 2 aliphatic rings. The number of nitrogens with one attached hydrogen (secondary N) is 1. The molecule has 5 rings (SSSR count). The number of aromatic amines is 1. The number of hydrogen-bond acceptors (Lipinski definition) is 3. The van der Waals surface area contributed by atoms with Crippen LogP contribution in [-0.2, 0) is 0 Å². The van der Waals surface area contributed by atoms with Crippen LogP contribution in [0.2, 0.25) is 5.02 Å². The fourth-order valence-electron chi connectivity index (χ4n) is 4.74. The van der Waals surface area contributed by atoms with Gasteiger partial charge in [-0.25, -0.2) is 0 Å². The van der Waals surface area contributed by atoms with E-state index < -0.39 is 5.60 Å². The number of nitrogens with zero attached hydrogens (tertiary/aromatic N) is 1. The summed E-state index contributed by atoms with van der Waals surface area (Å²) in [4.78, 5) is 30.9. The first-order valence-corrected chi connectivity index (χ1v) is 10.6. The summed E-state index contributed by atoms with van der Waals surface area (Å²) in [7, 11) is 0. The van der Waals surface area contributed by atoms with Crippen molar-refractivity contribution in [2.45, 2.75) is 38.7 Å². The van der Waals surface area contributed by atoms with Gasteiger partial charge in [-0.1, -0.05) is 29.8 Å². The van der Waals surface area contributed by atoms with E-state index >= 15 is 0 Å². The lowest BCUT2D eigenvalue weighted by Gasteiger charge is -2.44. The minimum absolute atomic E-state index is 0.0496. The molecule has 1 aromatic heterocycles. The van der Waals surface area contributed by atoms with Crippen molar-refractivity contribution < 1.29 is 14.3 Å². The minimum atomic E-state index is -0.523. The molecule has 0 radical (unpaired) electrons. The highest BCUT2D eigenvalue weighted by Gasteiger charge is 2.44. The van der Waals surface area contributed by atoms with Crippen LogP contribution in [0.1, 0.15) is 51.2 Å². The van der Waals surface area contributed by atoms with Crippen molar-refractivity contribution in [2.75, 3.05) is 13.1 Å². The van der Waals surface area contributed by atoms with E-state index in [0.717, 1.165) is 22.0 Å². The largest absolute Gasteiger partial charge is 0.486 e. The molecule has 0 saturated carbocycles. The van der Waals surface area contributed by atoms with Crippen molar-refractivity contribution in [1.82, 2.24) is 9.88 Å². The van der Waals surface area contributed by atoms with Gasteiger partial charge in [0.2, 0.25) is 0 Å². The molecule has 6 heteroatoms. The molecule has 0 aliphatic carbocycles. The van der Waals surface area contributed by atoms with Gasteiger partial charge in [-0.3, -0.25) is 9.59 Å². The monoisotopic (exact) mass is 422 g/mol. The summed E-state index contributed by atoms with van der Waals surface area (Å²) in [6, 6.07) is 11.4. The molecule has 5 nitrogen and oxygen atoms in total. The van der Waals surface area contributed by atoms with E-state index in [4.69, 9.17) is 16.3 Å². The number of hydrogen-bond donors (Lipinski definition) is 1. The van der Waals surface area contributed by atoms with Crippen molar-refractivity contribution in [3.8, 4) is 5.75 Å². The molecule has 3 heterocycles. The van der Waals surface area contributed by atoms with Crippen molar-refractivity contribution in [1.29, 1.82) is 0 Å². The Morgan fingerprint density at radius 3 is 2.67 bits per heavy atom. The normalized spacial score (nSPS) is 17.8. The van der Waals surface area contributed by atoms with Crippen molar-refractivity contribution in [2.24, 2.45) is 0 Å². The van der Waals surface area contributed by atoms with Crippen molar-refractivity contribution in [3.05, 3.63) is 63.8 Å². The molecule has 0 unspecified atom stereocenters. The van der Waals surface area contributed by atoms with Gasteiger partial charge in [-0.2, -0.15) is 0 Å². The number of carbonyl (C=O) groups is 2. The number of aromatic nitrogens is 1. The maximum absolute atomic E-state index is 13.1. The third-order valence-electron chi connectivity index (χ3n) is 6.32. The Morgan fingerprint density at radius 2 is 1.93 bits per heavy atom. The Labute approximate surface area is 180 Å². The summed E-state index contributed by atoms with van der Waals surface area (Å²) < 4.78 is 6.43. The van der Waals surface area contributed by atoms with Gasteiger partial charge >= 0.3 is 0 Å². The van der Waals surface area contributed by atoms with Gasteiger partial charge in [-0.05, 0) is 43.2 Å². The average molecular weight is 423 g/mol. The van der Waals surface area contributed by atoms with Crippen LogP contribution in [-0.4, -0.2) is 40.3 Å². The molecule has 3 aromatic rings. The van der Waals surface area contributed by atoms with Crippen LogP contribution in [0.3, 0.4) is 0 Å². The predicted octanol–water partition coefficient (Wildman–Crippen LogP) is 5.08. The Bertz CT molecular complexity index is 1190. The highest BCUT2D eigenvalue weighted by molar-refractivity contribution is 6.35. The van der Waals surface area contributed by atoms with Crippen LogP contribution in [0.15, 0.2) is 36.4 Å². The second-order valence-corrected chi connectivity index (χ2v) is 8.93. The highest BCUT2D eigenvalue weighted by Crippen LogP contribution is 2.41. The average Bonchev–Trinajstić information content (AvgIpc) is 3.15. The second kappa shape index (κ2) is 6.88. The summed E-state index contributed by atoms with van der Waals surface area (Å²) in [5.41, 5.74) is 3.53. The third-order valence-corrected chi connectivity index (χ3v) is 6.63. The number of ketones is 1. The fraction of sp³-hybridized carbons (Fsp3) is 0.333. The lowest BCUT2D eigenvalue weighted by molar-refractivity contribution is -0.00631. The van der Waals surface area contributed by atoms with Crippen LogP contribution < -0.4 is 4.74 Å². The Hall–Kier alpha value is -2.79. The molecule has 154 valence electrons. The number of halogens is 1. The summed E-state index contributed by atoms with van der Waals surface area (Å²) >= 11 is 6.23. The highest BCUT2D eigenvalue weighted by atomic mass is 35.5. The molecular formula is C24H23ClN2O3. The number of aryl methyl sites for hydroxylation is 2. The van der Waals surface area contributed by atoms with Gasteiger partial charge in [0, 0.05) is 31.3 Å². The number of piperidine rings is 1. The lowest BCUT2D eigenvalue weighted by atomic mass is 9.81. The van der Waals surface area contributed by atoms with E-state index in [-0.39, 0.29) is 11.7 Å². The molecule has 2 aromatic carbocycles. The first-order valence-electron chi connectivity index (χ1n) is 10.3. The topological polar surface area (TPSA) is 62.4 Å². The number of Topliss-reactive ketones (excluding diaryl/α,β-unsaturated/α-hetero) is 1. The van der Waals surface area contributed by atoms with Gasteiger partial charge in [0.15, 0.2) is 5.78 Å². The lowest BCUT2D eigenvalue weighted by Crippen LogP contribution is -2.52. The Balaban J connectivity index is 1.35. The van der Waals surface area contributed by atoms with E-state index in [1.54, 1.807) is 6.07 Å². The van der Waals surface area contributed by atoms with Crippen LogP contribution in [0, 0.1) is 13.8 Å². The van der Waals surface area contributed by atoms with Crippen molar-refractivity contribution >= 4 is 34.2 Å². The number of fused-ring (bicyclic) bond motifs is 2. The molecule has 1 N–H and O–H groups in total. The van der Waals surface area contributed by atoms with E-state index in [1.165, 1.54) is 0 Å². The van der Waals surface area contributed by atoms with Crippen molar-refractivity contribution in [3.63, 3.8) is 0 Å². The van der Waals surface area contributed by atoms with E-state index in [9.17, 15) is 9.59 Å². The van der Waals surface area contributed by atoms with Gasteiger partial charge in [0.05, 0.1) is 22.5 Å². The smallest absolute Gasteiger partial charge is 0.270 e. The number of ether oxygens (including phenoxy) is 1. The zero-order chi connectivity index (χ0) is 21.0. The molecule has 2 aliphatic heterocycles. The number of para-hydroxylation sites is 1. The SMILES string of the molecule is Cc1cc(C)c2c(c1)C(=O)CC1(CCN(C(=O)c3cc4cccc(Cl)c4[nH]3)CC1)O2. The van der Waals surface area contributed by atoms with Gasteiger partial charge in [0.25, 0.3) is 5.91 Å². The Kier molecular flexibility index (Phi) is 4.40. The third kappa shape index (κ3) is 3.08. The number of likely N-dealkylation sites (tertiary alicyclic amines) is 1. The van der Waals surface area contributed by atoms with Gasteiger partial charge in [0.1, 0.15) is 17.0 Å². The van der Waals surface area contributed by atoms with Crippen LogP contribution in [0.5, 0.6) is 5.75 Å². The maximum Gasteiger partial charge on any atom is 0.270 e. The maximum atomic E-state index is 13.1. The molecular weight excluding hydrogens is 400 g/mol. The van der Waals surface area contributed by atoms with Gasteiger partial charge in [-0.15, -0.1) is 0 Å². The van der Waals surface area contributed by atoms with E-state index in [0.29, 0.717) is 54.4 Å². The molecule has 30 heavy (non-hydrogen) atoms. The van der Waals surface area contributed by atoms with Crippen LogP contribution >= 0.6 is 11.6 Å². The fourth-order valence-corrected chi connectivity index (χ4v) is 4.97. The summed E-state index contributed by atoms with van der Waals surface area (Å²) in [6.45, 7) is 5.08. The summed E-state index contributed by atoms with van der Waals surface area (Å²) in [5.74, 6) is 0.793. The van der Waals surface area contributed by atoms with Crippen LogP contribution in [0.4, 0.5) is 0 Å². The second-order valence-electron chi connectivity index (χ2n) is 8.52. The molecule has 1 saturated heterocycles. The summed E-state index contributed by atoms with van der Waals surface area (Å²) in [6.07, 6.45) is 1.64. The molecule has 1 fully saturated rings. The number of carbonyl (C=O) groups excluding carboxylic acids is 2. The predicted molar refractivity (Wildman–Crippen MR) is 117 cm³/mol. The summed E-state index contributed by atoms with van der Waals surface area (Å²) in [5, 5.41) is 1.52. The van der Waals surface area contributed by atoms with Gasteiger partial charge < -0.3 is 14.6 Å². The molecule has 0 atom stereocenters. The zero-order valence-electron chi connectivity index (χ0n) is 17.0. The zero-order valence-corrected chi connectivity index (χ0v) is 17.8. The van der Waals surface area contributed by atoms with E-state index in [1.807, 2.05) is 49.1 Å².